The second-order valence-corrected chi connectivity index (χ2v) is 3.04. The first-order chi connectivity index (χ1) is 6.79. The highest BCUT2D eigenvalue weighted by Crippen LogP contribution is 2.20. The van der Waals surface area contributed by atoms with Gasteiger partial charge in [0.15, 0.2) is 5.69 Å². The van der Waals surface area contributed by atoms with Gasteiger partial charge in [-0.25, -0.2) is 4.79 Å². The molecule has 0 aliphatic carbocycles. The average Bonchev–Trinajstić information content (AvgIpc) is 2.67. The number of hydrogen-bond donors (Lipinski definition) is 1. The van der Waals surface area contributed by atoms with E-state index in [4.69, 9.17) is 5.11 Å². The first kappa shape index (κ1) is 8.76. The van der Waals surface area contributed by atoms with Crippen LogP contribution < -0.4 is 0 Å². The minimum absolute atomic E-state index is 0.0250. The molecule has 2 heterocycles. The van der Waals surface area contributed by atoms with Gasteiger partial charge in [0.2, 0.25) is 0 Å². The first-order valence-electron chi connectivity index (χ1n) is 3.75. The molecule has 0 saturated carbocycles. The summed E-state index contributed by atoms with van der Waals surface area (Å²) in [5.74, 6) is -1.07. The summed E-state index contributed by atoms with van der Waals surface area (Å²) in [6.07, 6.45) is 3.17. The largest absolute Gasteiger partial charge is 0.476 e. The lowest BCUT2D eigenvalue weighted by atomic mass is 10.2. The maximum atomic E-state index is 10.7. The van der Waals surface area contributed by atoms with Crippen LogP contribution in [-0.2, 0) is 0 Å². The van der Waals surface area contributed by atoms with Crippen LogP contribution >= 0.6 is 11.7 Å². The summed E-state index contributed by atoms with van der Waals surface area (Å²) in [6, 6.07) is 3.47. The third kappa shape index (κ3) is 1.47. The van der Waals surface area contributed by atoms with E-state index in [-0.39, 0.29) is 5.69 Å². The minimum atomic E-state index is -1.07. The van der Waals surface area contributed by atoms with E-state index in [0.29, 0.717) is 11.3 Å². The van der Waals surface area contributed by atoms with Gasteiger partial charge in [0.05, 0.1) is 11.7 Å². The molecule has 2 aromatic rings. The zero-order valence-corrected chi connectivity index (χ0v) is 7.73. The summed E-state index contributed by atoms with van der Waals surface area (Å²) < 4.78 is 7.61. The maximum Gasteiger partial charge on any atom is 0.357 e. The molecule has 0 amide bonds. The predicted molar refractivity (Wildman–Crippen MR) is 50.1 cm³/mol. The van der Waals surface area contributed by atoms with Crippen molar-refractivity contribution in [1.29, 1.82) is 0 Å². The number of nitrogens with zero attached hydrogens (tertiary/aromatic N) is 3. The minimum Gasteiger partial charge on any atom is -0.476 e. The Hall–Kier alpha value is -1.82. The molecule has 0 bridgehead atoms. The molecular formula is C8H5N3O2S. The smallest absolute Gasteiger partial charge is 0.357 e. The highest BCUT2D eigenvalue weighted by Gasteiger charge is 2.16. The first-order valence-corrected chi connectivity index (χ1v) is 4.48. The molecular weight excluding hydrogens is 202 g/mol. The lowest BCUT2D eigenvalue weighted by molar-refractivity contribution is 0.0692. The molecule has 0 saturated heterocycles. The third-order valence-corrected chi connectivity index (χ3v) is 2.15. The molecule has 70 valence electrons. The number of pyridine rings is 1. The number of hydrogen-bond acceptors (Lipinski definition) is 5. The van der Waals surface area contributed by atoms with Gasteiger partial charge >= 0.3 is 5.97 Å². The van der Waals surface area contributed by atoms with Gasteiger partial charge in [-0.2, -0.15) is 8.75 Å². The van der Waals surface area contributed by atoms with Gasteiger partial charge in [0.25, 0.3) is 0 Å². The van der Waals surface area contributed by atoms with Crippen LogP contribution in [0.2, 0.25) is 0 Å². The van der Waals surface area contributed by atoms with Crippen molar-refractivity contribution in [1.82, 2.24) is 13.7 Å². The van der Waals surface area contributed by atoms with Crippen molar-refractivity contribution in [2.45, 2.75) is 0 Å². The van der Waals surface area contributed by atoms with Crippen molar-refractivity contribution in [3.8, 4) is 11.3 Å². The molecule has 0 spiro atoms. The standard InChI is InChI=1S/C8H5N3O2S/c12-8(13)7-6(10-14-11-7)5-2-1-3-9-4-5/h1-4H,(H,12,13). The Morgan fingerprint density at radius 3 is 2.93 bits per heavy atom. The number of rotatable bonds is 2. The highest BCUT2D eigenvalue weighted by atomic mass is 32.1. The van der Waals surface area contributed by atoms with Gasteiger partial charge in [-0.15, -0.1) is 0 Å². The van der Waals surface area contributed by atoms with E-state index in [1.54, 1.807) is 24.5 Å². The second-order valence-electron chi connectivity index (χ2n) is 2.51. The van der Waals surface area contributed by atoms with Crippen LogP contribution in [0.5, 0.6) is 0 Å². The number of carboxylic acid groups (broad SMARTS) is 1. The van der Waals surface area contributed by atoms with E-state index in [2.05, 4.69) is 13.7 Å². The molecule has 0 aliphatic heterocycles. The lowest BCUT2D eigenvalue weighted by Crippen LogP contribution is -1.98. The Balaban J connectivity index is 2.52. The molecule has 6 heteroatoms. The van der Waals surface area contributed by atoms with E-state index < -0.39 is 5.97 Å². The third-order valence-electron chi connectivity index (χ3n) is 1.63. The molecule has 5 nitrogen and oxygen atoms in total. The molecule has 2 rings (SSSR count). The van der Waals surface area contributed by atoms with Crippen LogP contribution in [-0.4, -0.2) is 24.8 Å². The molecule has 0 aromatic carbocycles. The molecule has 0 aliphatic rings. The Labute approximate surface area is 83.4 Å². The summed E-state index contributed by atoms with van der Waals surface area (Å²) in [4.78, 5) is 14.6. The Bertz CT molecular complexity index is 455. The quantitative estimate of drug-likeness (QED) is 0.803. The van der Waals surface area contributed by atoms with E-state index >= 15 is 0 Å². The molecule has 0 radical (unpaired) electrons. The van der Waals surface area contributed by atoms with Crippen LogP contribution in [0.3, 0.4) is 0 Å². The van der Waals surface area contributed by atoms with Gasteiger partial charge in [0.1, 0.15) is 5.69 Å². The topological polar surface area (TPSA) is 76.0 Å². The van der Waals surface area contributed by atoms with Gasteiger partial charge < -0.3 is 5.11 Å². The fourth-order valence-corrected chi connectivity index (χ4v) is 1.58. The zero-order valence-electron chi connectivity index (χ0n) is 6.91. The van der Waals surface area contributed by atoms with Gasteiger partial charge in [-0.3, -0.25) is 4.98 Å². The molecule has 0 atom stereocenters. The van der Waals surface area contributed by atoms with Crippen molar-refractivity contribution in [2.24, 2.45) is 0 Å². The van der Waals surface area contributed by atoms with Crippen molar-refractivity contribution in [3.05, 3.63) is 30.2 Å². The summed E-state index contributed by atoms with van der Waals surface area (Å²) in [7, 11) is 0. The van der Waals surface area contributed by atoms with Crippen LogP contribution in [0.4, 0.5) is 0 Å². The summed E-state index contributed by atoms with van der Waals surface area (Å²) in [5, 5.41) is 8.80. The Morgan fingerprint density at radius 2 is 2.29 bits per heavy atom. The number of aromatic carboxylic acids is 1. The fraction of sp³-hybridized carbons (Fsp3) is 0. The van der Waals surface area contributed by atoms with E-state index in [1.807, 2.05) is 0 Å². The van der Waals surface area contributed by atoms with E-state index in [0.717, 1.165) is 11.7 Å². The van der Waals surface area contributed by atoms with Crippen LogP contribution in [0, 0.1) is 0 Å². The van der Waals surface area contributed by atoms with Crippen molar-refractivity contribution >= 4 is 17.7 Å². The zero-order chi connectivity index (χ0) is 9.97. The molecule has 1 N–H and O–H groups in total. The maximum absolute atomic E-state index is 10.7. The summed E-state index contributed by atoms with van der Waals surface area (Å²) in [5.41, 5.74) is 1.01. The molecule has 2 aromatic heterocycles. The van der Waals surface area contributed by atoms with Crippen LogP contribution in [0.1, 0.15) is 10.5 Å². The van der Waals surface area contributed by atoms with E-state index in [1.165, 1.54) is 0 Å². The average molecular weight is 207 g/mol. The second kappa shape index (κ2) is 3.51. The Kier molecular flexibility index (Phi) is 2.19. The highest BCUT2D eigenvalue weighted by molar-refractivity contribution is 6.99. The predicted octanol–water partition coefficient (Wildman–Crippen LogP) is 1.30. The molecule has 14 heavy (non-hydrogen) atoms. The molecule has 0 unspecified atom stereocenters. The summed E-state index contributed by atoms with van der Waals surface area (Å²) >= 11 is 0.881. The van der Waals surface area contributed by atoms with Crippen molar-refractivity contribution in [2.75, 3.05) is 0 Å². The molecule has 0 fully saturated rings. The summed E-state index contributed by atoms with van der Waals surface area (Å²) in [6.45, 7) is 0. The van der Waals surface area contributed by atoms with Crippen molar-refractivity contribution < 1.29 is 9.90 Å². The normalized spacial score (nSPS) is 10.0. The SMILES string of the molecule is O=C(O)c1nsnc1-c1cccnc1. The lowest BCUT2D eigenvalue weighted by Gasteiger charge is -1.95. The van der Waals surface area contributed by atoms with Crippen LogP contribution in [0.25, 0.3) is 11.3 Å². The fourth-order valence-electron chi connectivity index (χ4n) is 1.02. The van der Waals surface area contributed by atoms with Gasteiger partial charge in [-0.05, 0) is 12.1 Å². The Morgan fingerprint density at radius 1 is 1.43 bits per heavy atom. The van der Waals surface area contributed by atoms with Crippen LogP contribution in [0.15, 0.2) is 24.5 Å². The number of aromatic nitrogens is 3. The number of carboxylic acids is 1. The van der Waals surface area contributed by atoms with Gasteiger partial charge in [0, 0.05) is 18.0 Å². The van der Waals surface area contributed by atoms with Crippen molar-refractivity contribution in [3.63, 3.8) is 0 Å². The monoisotopic (exact) mass is 207 g/mol. The van der Waals surface area contributed by atoms with Gasteiger partial charge in [-0.1, -0.05) is 0 Å². The van der Waals surface area contributed by atoms with E-state index in [9.17, 15) is 4.79 Å². The number of carbonyl (C=O) groups is 1.